The number of nitrogens with zero attached hydrogens (tertiary/aromatic N) is 1. The van der Waals surface area contributed by atoms with Gasteiger partial charge in [0.25, 0.3) is 0 Å². The van der Waals surface area contributed by atoms with Crippen LogP contribution in [0.4, 0.5) is 0 Å². The van der Waals surface area contributed by atoms with Gasteiger partial charge in [-0.2, -0.15) is 0 Å². The van der Waals surface area contributed by atoms with Crippen molar-refractivity contribution < 1.29 is 9.90 Å². The lowest BCUT2D eigenvalue weighted by Gasteiger charge is -2.19. The Bertz CT molecular complexity index is 670. The van der Waals surface area contributed by atoms with Gasteiger partial charge >= 0.3 is 0 Å². The van der Waals surface area contributed by atoms with Crippen LogP contribution in [0.2, 0.25) is 0 Å². The first-order valence-corrected chi connectivity index (χ1v) is 7.85. The molecule has 0 aliphatic rings. The smallest absolute Gasteiger partial charge is 0.246 e. The van der Waals surface area contributed by atoms with Crippen molar-refractivity contribution in [3.8, 4) is 5.75 Å². The van der Waals surface area contributed by atoms with Gasteiger partial charge in [0.2, 0.25) is 5.91 Å². The van der Waals surface area contributed by atoms with E-state index in [0.29, 0.717) is 5.56 Å². The van der Waals surface area contributed by atoms with Crippen LogP contribution < -0.4 is 0 Å². The van der Waals surface area contributed by atoms with Gasteiger partial charge in [-0.15, -0.1) is 0 Å². The molecular formula is C19H23NO2. The van der Waals surface area contributed by atoms with E-state index in [-0.39, 0.29) is 11.7 Å². The second-order valence-electron chi connectivity index (χ2n) is 5.38. The standard InChI is InChI=1S/C19H23NO2/c1-3-13-20(14-4-2)19(22)12-10-17-16-8-6-5-7-15(16)9-11-18(17)21/h5-12,21H,3-4,13-14H2,1-2H3/b12-10+. The van der Waals surface area contributed by atoms with Crippen LogP contribution in [0.3, 0.4) is 0 Å². The Kier molecular flexibility index (Phi) is 5.59. The summed E-state index contributed by atoms with van der Waals surface area (Å²) < 4.78 is 0. The largest absolute Gasteiger partial charge is 0.507 e. The van der Waals surface area contributed by atoms with Gasteiger partial charge in [-0.25, -0.2) is 0 Å². The Balaban J connectivity index is 2.29. The Hall–Kier alpha value is -2.29. The van der Waals surface area contributed by atoms with Crippen LogP contribution in [0, 0.1) is 0 Å². The fourth-order valence-corrected chi connectivity index (χ4v) is 2.59. The zero-order valence-corrected chi connectivity index (χ0v) is 13.2. The van der Waals surface area contributed by atoms with Crippen molar-refractivity contribution in [3.63, 3.8) is 0 Å². The third-order valence-corrected chi connectivity index (χ3v) is 3.64. The molecule has 0 radical (unpaired) electrons. The second-order valence-corrected chi connectivity index (χ2v) is 5.38. The van der Waals surface area contributed by atoms with Crippen molar-refractivity contribution in [2.24, 2.45) is 0 Å². The Morgan fingerprint density at radius 1 is 1.09 bits per heavy atom. The van der Waals surface area contributed by atoms with Crippen LogP contribution in [0.1, 0.15) is 32.3 Å². The lowest BCUT2D eigenvalue weighted by atomic mass is 10.0. The van der Waals surface area contributed by atoms with Crippen LogP contribution in [0.15, 0.2) is 42.5 Å². The molecule has 0 aliphatic heterocycles. The van der Waals surface area contributed by atoms with Crippen LogP contribution in [0.5, 0.6) is 5.75 Å². The van der Waals surface area contributed by atoms with E-state index in [0.717, 1.165) is 36.7 Å². The molecule has 1 N–H and O–H groups in total. The van der Waals surface area contributed by atoms with Crippen molar-refractivity contribution in [2.45, 2.75) is 26.7 Å². The van der Waals surface area contributed by atoms with E-state index in [4.69, 9.17) is 0 Å². The summed E-state index contributed by atoms with van der Waals surface area (Å²) >= 11 is 0. The lowest BCUT2D eigenvalue weighted by Crippen LogP contribution is -2.30. The summed E-state index contributed by atoms with van der Waals surface area (Å²) in [6.07, 6.45) is 5.17. The predicted molar refractivity (Wildman–Crippen MR) is 91.8 cm³/mol. The molecule has 0 spiro atoms. The minimum atomic E-state index is -0.00367. The average Bonchev–Trinajstić information content (AvgIpc) is 2.53. The molecule has 3 heteroatoms. The minimum Gasteiger partial charge on any atom is -0.507 e. The molecule has 0 saturated carbocycles. The Morgan fingerprint density at radius 2 is 1.77 bits per heavy atom. The molecule has 2 rings (SSSR count). The zero-order chi connectivity index (χ0) is 15.9. The number of benzene rings is 2. The Morgan fingerprint density at radius 3 is 2.45 bits per heavy atom. The number of carbonyl (C=O) groups is 1. The molecular weight excluding hydrogens is 274 g/mol. The highest BCUT2D eigenvalue weighted by Crippen LogP contribution is 2.28. The summed E-state index contributed by atoms with van der Waals surface area (Å²) in [5.41, 5.74) is 0.694. The summed E-state index contributed by atoms with van der Waals surface area (Å²) in [5.74, 6) is 0.191. The van der Waals surface area contributed by atoms with E-state index in [1.165, 1.54) is 0 Å². The highest BCUT2D eigenvalue weighted by molar-refractivity contribution is 5.98. The van der Waals surface area contributed by atoms with E-state index in [9.17, 15) is 9.90 Å². The topological polar surface area (TPSA) is 40.5 Å². The third-order valence-electron chi connectivity index (χ3n) is 3.64. The first-order chi connectivity index (χ1) is 10.7. The number of hydrogen-bond donors (Lipinski definition) is 1. The van der Waals surface area contributed by atoms with Crippen molar-refractivity contribution >= 4 is 22.8 Å². The summed E-state index contributed by atoms with van der Waals surface area (Å²) in [6, 6.07) is 11.4. The van der Waals surface area contributed by atoms with E-state index < -0.39 is 0 Å². The maximum Gasteiger partial charge on any atom is 0.246 e. The fourth-order valence-electron chi connectivity index (χ4n) is 2.59. The quantitative estimate of drug-likeness (QED) is 0.811. The third kappa shape index (κ3) is 3.67. The summed E-state index contributed by atoms with van der Waals surface area (Å²) in [6.45, 7) is 5.66. The maximum absolute atomic E-state index is 12.3. The van der Waals surface area contributed by atoms with Gasteiger partial charge in [-0.1, -0.05) is 44.2 Å². The number of carbonyl (C=O) groups excluding carboxylic acids is 1. The molecule has 3 nitrogen and oxygen atoms in total. The number of rotatable bonds is 6. The minimum absolute atomic E-state index is 0.00367. The summed E-state index contributed by atoms with van der Waals surface area (Å²) in [7, 11) is 0. The molecule has 0 fully saturated rings. The fraction of sp³-hybridized carbons (Fsp3) is 0.316. The van der Waals surface area contributed by atoms with Crippen LogP contribution in [0.25, 0.3) is 16.8 Å². The van der Waals surface area contributed by atoms with Gasteiger partial charge in [0.1, 0.15) is 5.75 Å². The Labute approximate surface area is 131 Å². The molecule has 0 bridgehead atoms. The number of amides is 1. The van der Waals surface area contributed by atoms with Gasteiger partial charge in [0.05, 0.1) is 0 Å². The molecule has 116 valence electrons. The second kappa shape index (κ2) is 7.64. The zero-order valence-electron chi connectivity index (χ0n) is 13.2. The van der Waals surface area contributed by atoms with Crippen LogP contribution in [-0.4, -0.2) is 29.0 Å². The number of fused-ring (bicyclic) bond motifs is 1. The monoisotopic (exact) mass is 297 g/mol. The molecule has 0 atom stereocenters. The summed E-state index contributed by atoms with van der Waals surface area (Å²) in [4.78, 5) is 14.1. The average molecular weight is 297 g/mol. The van der Waals surface area contributed by atoms with E-state index >= 15 is 0 Å². The number of hydrogen-bond acceptors (Lipinski definition) is 2. The first kappa shape index (κ1) is 16.1. The van der Waals surface area contributed by atoms with Crippen LogP contribution in [-0.2, 0) is 4.79 Å². The molecule has 1 amide bonds. The highest BCUT2D eigenvalue weighted by atomic mass is 16.3. The molecule has 0 aliphatic carbocycles. The van der Waals surface area contributed by atoms with E-state index in [1.54, 1.807) is 18.2 Å². The molecule has 0 aromatic heterocycles. The first-order valence-electron chi connectivity index (χ1n) is 7.85. The molecule has 0 saturated heterocycles. The highest BCUT2D eigenvalue weighted by Gasteiger charge is 2.09. The van der Waals surface area contributed by atoms with Gasteiger partial charge in [0.15, 0.2) is 0 Å². The van der Waals surface area contributed by atoms with Crippen molar-refractivity contribution in [2.75, 3.05) is 13.1 Å². The lowest BCUT2D eigenvalue weighted by molar-refractivity contribution is -0.126. The number of phenols is 1. The molecule has 2 aromatic rings. The van der Waals surface area contributed by atoms with Crippen molar-refractivity contribution in [3.05, 3.63) is 48.0 Å². The van der Waals surface area contributed by atoms with Gasteiger partial charge in [0, 0.05) is 24.7 Å². The van der Waals surface area contributed by atoms with E-state index in [2.05, 4.69) is 13.8 Å². The normalized spacial score (nSPS) is 11.2. The predicted octanol–water partition coefficient (Wildman–Crippen LogP) is 4.21. The van der Waals surface area contributed by atoms with Crippen molar-refractivity contribution in [1.29, 1.82) is 0 Å². The SMILES string of the molecule is CCCN(CCC)C(=O)/C=C/c1c(O)ccc2ccccc12. The molecule has 0 heterocycles. The summed E-state index contributed by atoms with van der Waals surface area (Å²) in [5, 5.41) is 12.1. The van der Waals surface area contributed by atoms with E-state index in [1.807, 2.05) is 35.2 Å². The molecule has 0 unspecified atom stereocenters. The molecule has 2 aromatic carbocycles. The van der Waals surface area contributed by atoms with Crippen LogP contribution >= 0.6 is 0 Å². The van der Waals surface area contributed by atoms with Gasteiger partial charge in [-0.05, 0) is 35.8 Å². The van der Waals surface area contributed by atoms with Gasteiger partial charge < -0.3 is 10.0 Å². The number of aromatic hydroxyl groups is 1. The molecule has 22 heavy (non-hydrogen) atoms. The maximum atomic E-state index is 12.3. The van der Waals surface area contributed by atoms with Gasteiger partial charge in [-0.3, -0.25) is 4.79 Å². The van der Waals surface area contributed by atoms with Crippen molar-refractivity contribution in [1.82, 2.24) is 4.90 Å². The number of phenolic OH excluding ortho intramolecular Hbond substituents is 1.